The third kappa shape index (κ3) is 2.74. The Balaban J connectivity index is 1.64. The Bertz CT molecular complexity index is 779. The minimum absolute atomic E-state index is 1.00. The third-order valence-electron chi connectivity index (χ3n) is 3.55. The number of rotatable bonds is 2. The fourth-order valence-corrected chi connectivity index (χ4v) is 4.79. The van der Waals surface area contributed by atoms with Crippen LogP contribution in [-0.4, -0.2) is 0 Å². The van der Waals surface area contributed by atoms with E-state index < -0.39 is 0 Å². The molecule has 0 aromatic heterocycles. The average molecular weight is 306 g/mol. The number of hydrogen-bond acceptors (Lipinski definition) is 2. The van der Waals surface area contributed by atoms with Crippen molar-refractivity contribution in [2.75, 3.05) is 0 Å². The van der Waals surface area contributed by atoms with Crippen molar-refractivity contribution in [2.45, 2.75) is 26.0 Å². The molecule has 1 aliphatic rings. The van der Waals surface area contributed by atoms with Crippen molar-refractivity contribution in [1.29, 1.82) is 0 Å². The maximum atomic E-state index is 2.34. The highest BCUT2D eigenvalue weighted by atomic mass is 32.2. The van der Waals surface area contributed by atoms with Gasteiger partial charge >= 0.3 is 0 Å². The Morgan fingerprint density at radius 3 is 1.90 bits per heavy atom. The predicted molar refractivity (Wildman–Crippen MR) is 90.4 cm³/mol. The first-order valence-electron chi connectivity index (χ1n) is 7.00. The molecule has 0 saturated heterocycles. The maximum Gasteiger partial charge on any atom is 0.0265 e. The molecule has 0 amide bonds. The predicted octanol–water partition coefficient (Wildman–Crippen LogP) is 5.89. The van der Waals surface area contributed by atoms with Crippen LogP contribution in [0.2, 0.25) is 0 Å². The topological polar surface area (TPSA) is 0 Å². The van der Waals surface area contributed by atoms with Crippen LogP contribution >= 0.6 is 23.5 Å². The molecule has 21 heavy (non-hydrogen) atoms. The van der Waals surface area contributed by atoms with Crippen LogP contribution in [0.25, 0.3) is 0 Å². The molecule has 0 N–H and O–H groups in total. The molecule has 1 aliphatic heterocycles. The summed E-state index contributed by atoms with van der Waals surface area (Å²) in [5.41, 5.74) is 2.75. The van der Waals surface area contributed by atoms with Crippen molar-refractivity contribution in [3.8, 4) is 0 Å². The van der Waals surface area contributed by atoms with E-state index in [1.807, 2.05) is 23.5 Å². The van der Waals surface area contributed by atoms with Gasteiger partial charge in [0.15, 0.2) is 0 Å². The fourth-order valence-electron chi connectivity index (χ4n) is 2.51. The molecule has 0 radical (unpaired) electrons. The summed E-state index contributed by atoms with van der Waals surface area (Å²) in [5.74, 6) is 0. The summed E-state index contributed by atoms with van der Waals surface area (Å²) < 4.78 is 0. The van der Waals surface area contributed by atoms with Gasteiger partial charge in [0, 0.05) is 19.6 Å². The van der Waals surface area contributed by atoms with Crippen LogP contribution in [0.3, 0.4) is 0 Å². The van der Waals surface area contributed by atoms with Crippen molar-refractivity contribution < 1.29 is 0 Å². The highest BCUT2D eigenvalue weighted by Crippen LogP contribution is 2.48. The second kappa shape index (κ2) is 5.63. The number of fused-ring (bicyclic) bond motifs is 2. The Morgan fingerprint density at radius 2 is 1.14 bits per heavy atom. The first-order valence-corrected chi connectivity index (χ1v) is 8.63. The standard InChI is InChI=1S/C19H14S2/c1-2-6-14(7-3-1)12-15-10-11-18-19(13-15)21-17-9-5-4-8-16(17)20-18/h1-11,13H,12H2. The molecule has 102 valence electrons. The molecule has 0 fully saturated rings. The summed E-state index contributed by atoms with van der Waals surface area (Å²) in [5, 5.41) is 0. The first kappa shape index (κ1) is 13.1. The van der Waals surface area contributed by atoms with E-state index in [0.29, 0.717) is 0 Å². The lowest BCUT2D eigenvalue weighted by Crippen LogP contribution is -1.93. The van der Waals surface area contributed by atoms with Crippen molar-refractivity contribution in [1.82, 2.24) is 0 Å². The average Bonchev–Trinajstić information content (AvgIpc) is 2.54. The molecule has 3 aromatic carbocycles. The highest BCUT2D eigenvalue weighted by molar-refractivity contribution is 8.05. The molecule has 4 rings (SSSR count). The zero-order chi connectivity index (χ0) is 14.1. The minimum Gasteiger partial charge on any atom is -0.0877 e. The van der Waals surface area contributed by atoms with Crippen LogP contribution in [0, 0.1) is 0 Å². The van der Waals surface area contributed by atoms with Gasteiger partial charge in [0.2, 0.25) is 0 Å². The van der Waals surface area contributed by atoms with E-state index in [2.05, 4.69) is 72.8 Å². The second-order valence-corrected chi connectivity index (χ2v) is 7.26. The molecule has 1 heterocycles. The smallest absolute Gasteiger partial charge is 0.0265 e. The van der Waals surface area contributed by atoms with Crippen molar-refractivity contribution >= 4 is 23.5 Å². The third-order valence-corrected chi connectivity index (χ3v) is 6.09. The molecule has 2 heteroatoms. The van der Waals surface area contributed by atoms with E-state index in [1.54, 1.807) is 0 Å². The van der Waals surface area contributed by atoms with Gasteiger partial charge in [-0.05, 0) is 41.8 Å². The van der Waals surface area contributed by atoms with Gasteiger partial charge in [-0.2, -0.15) is 0 Å². The number of benzene rings is 3. The fraction of sp³-hybridized carbons (Fsp3) is 0.0526. The molecule has 3 aromatic rings. The summed E-state index contributed by atoms with van der Waals surface area (Å²) in [4.78, 5) is 5.49. The van der Waals surface area contributed by atoms with Gasteiger partial charge in [0.05, 0.1) is 0 Å². The first-order chi connectivity index (χ1) is 10.4. The normalized spacial score (nSPS) is 12.6. The van der Waals surface area contributed by atoms with Crippen LogP contribution < -0.4 is 0 Å². The van der Waals surface area contributed by atoms with Gasteiger partial charge in [-0.15, -0.1) is 0 Å². The molecule has 0 unspecified atom stereocenters. The van der Waals surface area contributed by atoms with Gasteiger partial charge in [0.25, 0.3) is 0 Å². The zero-order valence-electron chi connectivity index (χ0n) is 11.5. The largest absolute Gasteiger partial charge is 0.0877 e. The Labute approximate surface area is 133 Å². The van der Waals surface area contributed by atoms with E-state index in [9.17, 15) is 0 Å². The van der Waals surface area contributed by atoms with E-state index in [0.717, 1.165) is 6.42 Å². The van der Waals surface area contributed by atoms with Crippen LogP contribution in [0.4, 0.5) is 0 Å². The van der Waals surface area contributed by atoms with Crippen LogP contribution in [0.15, 0.2) is 92.4 Å². The second-order valence-electron chi connectivity index (χ2n) is 5.09. The minimum atomic E-state index is 1.00. The van der Waals surface area contributed by atoms with Gasteiger partial charge in [-0.25, -0.2) is 0 Å². The van der Waals surface area contributed by atoms with E-state index in [1.165, 1.54) is 30.7 Å². The monoisotopic (exact) mass is 306 g/mol. The molecular weight excluding hydrogens is 292 g/mol. The van der Waals surface area contributed by atoms with E-state index in [-0.39, 0.29) is 0 Å². The highest BCUT2D eigenvalue weighted by Gasteiger charge is 2.16. The van der Waals surface area contributed by atoms with Crippen molar-refractivity contribution in [3.05, 3.63) is 83.9 Å². The van der Waals surface area contributed by atoms with Crippen LogP contribution in [0.5, 0.6) is 0 Å². The lowest BCUT2D eigenvalue weighted by molar-refractivity contribution is 1.10. The Kier molecular flexibility index (Phi) is 3.50. The molecule has 0 spiro atoms. The lowest BCUT2D eigenvalue weighted by atomic mass is 10.1. The Hall–Kier alpha value is -1.64. The molecule has 0 bridgehead atoms. The molecule has 0 atom stereocenters. The van der Waals surface area contributed by atoms with Crippen LogP contribution in [-0.2, 0) is 6.42 Å². The molecule has 0 nitrogen and oxygen atoms in total. The molecule has 0 aliphatic carbocycles. The number of hydrogen-bond donors (Lipinski definition) is 0. The van der Waals surface area contributed by atoms with E-state index in [4.69, 9.17) is 0 Å². The van der Waals surface area contributed by atoms with Gasteiger partial charge < -0.3 is 0 Å². The summed E-state index contributed by atoms with van der Waals surface area (Å²) in [6, 6.07) is 26.2. The SMILES string of the molecule is c1ccc(Cc2ccc3c(c2)Sc2ccccc2S3)cc1. The van der Waals surface area contributed by atoms with Gasteiger partial charge in [-0.1, -0.05) is 72.1 Å². The zero-order valence-corrected chi connectivity index (χ0v) is 13.1. The van der Waals surface area contributed by atoms with Gasteiger partial charge in [0.1, 0.15) is 0 Å². The quantitative estimate of drug-likeness (QED) is 0.452. The summed E-state index contributed by atoms with van der Waals surface area (Å²) in [7, 11) is 0. The summed E-state index contributed by atoms with van der Waals surface area (Å²) in [6.45, 7) is 0. The lowest BCUT2D eigenvalue weighted by Gasteiger charge is -2.18. The van der Waals surface area contributed by atoms with Crippen LogP contribution in [0.1, 0.15) is 11.1 Å². The molecule has 0 saturated carbocycles. The van der Waals surface area contributed by atoms with Crippen molar-refractivity contribution in [3.63, 3.8) is 0 Å². The van der Waals surface area contributed by atoms with Gasteiger partial charge in [-0.3, -0.25) is 0 Å². The van der Waals surface area contributed by atoms with Crippen molar-refractivity contribution in [2.24, 2.45) is 0 Å². The molecular formula is C19H14S2. The maximum absolute atomic E-state index is 2.34. The van der Waals surface area contributed by atoms with E-state index >= 15 is 0 Å². The Morgan fingerprint density at radius 1 is 0.524 bits per heavy atom. The summed E-state index contributed by atoms with van der Waals surface area (Å²) in [6.07, 6.45) is 1.00. The summed E-state index contributed by atoms with van der Waals surface area (Å²) >= 11 is 3.76.